The molecule has 0 aliphatic heterocycles. The van der Waals surface area contributed by atoms with E-state index < -0.39 is 12.0 Å². The number of benzene rings is 1. The number of rotatable bonds is 5. The molecule has 0 aromatic heterocycles. The van der Waals surface area contributed by atoms with Gasteiger partial charge in [0.15, 0.2) is 0 Å². The van der Waals surface area contributed by atoms with E-state index in [4.69, 9.17) is 0 Å². The minimum atomic E-state index is -2.38. The summed E-state index contributed by atoms with van der Waals surface area (Å²) in [4.78, 5) is 0. The maximum Gasteiger partial charge on any atom is 0.256 e. The van der Waals surface area contributed by atoms with Crippen LogP contribution in [0.3, 0.4) is 0 Å². The van der Waals surface area contributed by atoms with Gasteiger partial charge in [-0.3, -0.25) is 0 Å². The molecule has 0 saturated heterocycles. The van der Waals surface area contributed by atoms with Crippen molar-refractivity contribution in [2.24, 2.45) is 0 Å². The molecule has 1 nitrogen and oxygen atoms in total. The van der Waals surface area contributed by atoms with Crippen LogP contribution in [0.15, 0.2) is 28.7 Å². The number of nitrogens with one attached hydrogen (secondary N) is 1. The maximum absolute atomic E-state index is 13.0. The van der Waals surface area contributed by atoms with Crippen molar-refractivity contribution in [3.63, 3.8) is 0 Å². The van der Waals surface area contributed by atoms with Gasteiger partial charge in [0.2, 0.25) is 0 Å². The largest absolute Gasteiger partial charge is 0.307 e. The average molecular weight is 292 g/mol. The van der Waals surface area contributed by atoms with E-state index in [1.54, 1.807) is 6.92 Å². The quantitative estimate of drug-likeness (QED) is 0.874. The molecule has 1 aromatic rings. The van der Waals surface area contributed by atoms with E-state index in [0.29, 0.717) is 13.0 Å². The first-order valence-corrected chi connectivity index (χ1v) is 6.05. The lowest BCUT2D eigenvalue weighted by atomic mass is 9.93. The van der Waals surface area contributed by atoms with Crippen LogP contribution < -0.4 is 5.32 Å². The maximum atomic E-state index is 13.0. The second-order valence-electron chi connectivity index (χ2n) is 4.05. The summed E-state index contributed by atoms with van der Waals surface area (Å²) in [6.07, 6.45) is -2.05. The van der Waals surface area contributed by atoms with Gasteiger partial charge in [0.25, 0.3) is 6.43 Å². The second kappa shape index (κ2) is 5.73. The van der Waals surface area contributed by atoms with Crippen LogP contribution >= 0.6 is 15.9 Å². The molecule has 0 heterocycles. The zero-order valence-electron chi connectivity index (χ0n) is 9.43. The van der Waals surface area contributed by atoms with Crippen molar-refractivity contribution >= 4 is 15.9 Å². The van der Waals surface area contributed by atoms with E-state index in [2.05, 4.69) is 21.2 Å². The molecule has 1 atom stereocenters. The van der Waals surface area contributed by atoms with Crippen molar-refractivity contribution in [2.45, 2.75) is 32.2 Å². The van der Waals surface area contributed by atoms with Crippen LogP contribution in [0.2, 0.25) is 0 Å². The number of likely N-dealkylation sites (N-methyl/N-ethyl adjacent to an activating group) is 1. The van der Waals surface area contributed by atoms with E-state index in [1.807, 2.05) is 31.2 Å². The first kappa shape index (κ1) is 13.6. The van der Waals surface area contributed by atoms with Crippen LogP contribution in [-0.4, -0.2) is 18.5 Å². The number of halogens is 3. The summed E-state index contributed by atoms with van der Waals surface area (Å²) in [5.74, 6) is 0. The van der Waals surface area contributed by atoms with Crippen LogP contribution in [0.5, 0.6) is 0 Å². The predicted octanol–water partition coefficient (Wildman–Crippen LogP) is 3.62. The van der Waals surface area contributed by atoms with Gasteiger partial charge in [0, 0.05) is 4.47 Å². The molecule has 0 radical (unpaired) electrons. The van der Waals surface area contributed by atoms with Crippen molar-refractivity contribution < 1.29 is 8.78 Å². The van der Waals surface area contributed by atoms with Gasteiger partial charge in [-0.15, -0.1) is 0 Å². The van der Waals surface area contributed by atoms with E-state index in [9.17, 15) is 8.78 Å². The topological polar surface area (TPSA) is 12.0 Å². The average Bonchev–Trinajstić information content (AvgIpc) is 2.22. The SMILES string of the molecule is CCNC(C)(Cc1ccc(Br)cc1)C(F)F. The molecular weight excluding hydrogens is 276 g/mol. The smallest absolute Gasteiger partial charge is 0.256 e. The monoisotopic (exact) mass is 291 g/mol. The first-order valence-electron chi connectivity index (χ1n) is 5.25. The molecule has 4 heteroatoms. The van der Waals surface area contributed by atoms with Crippen LogP contribution in [0.25, 0.3) is 0 Å². The molecule has 90 valence electrons. The summed E-state index contributed by atoms with van der Waals surface area (Å²) in [6, 6.07) is 7.46. The van der Waals surface area contributed by atoms with Crippen LogP contribution in [0.4, 0.5) is 8.78 Å². The van der Waals surface area contributed by atoms with Crippen molar-refractivity contribution in [3.8, 4) is 0 Å². The molecule has 0 bridgehead atoms. The summed E-state index contributed by atoms with van der Waals surface area (Å²) in [5.41, 5.74) is -0.241. The molecule has 16 heavy (non-hydrogen) atoms. The zero-order valence-corrected chi connectivity index (χ0v) is 11.0. The zero-order chi connectivity index (χ0) is 12.2. The van der Waals surface area contributed by atoms with Crippen LogP contribution in [0.1, 0.15) is 19.4 Å². The summed E-state index contributed by atoms with van der Waals surface area (Å²) >= 11 is 3.32. The normalized spacial score (nSPS) is 15.1. The van der Waals surface area contributed by atoms with E-state index in [-0.39, 0.29) is 0 Å². The van der Waals surface area contributed by atoms with Gasteiger partial charge in [0.05, 0.1) is 5.54 Å². The highest BCUT2D eigenvalue weighted by Crippen LogP contribution is 2.22. The van der Waals surface area contributed by atoms with Crippen LogP contribution in [-0.2, 0) is 6.42 Å². The molecule has 1 rings (SSSR count). The Morgan fingerprint density at radius 2 is 1.88 bits per heavy atom. The number of hydrogen-bond donors (Lipinski definition) is 1. The molecule has 1 aromatic carbocycles. The molecule has 0 fully saturated rings. The summed E-state index contributed by atoms with van der Waals surface area (Å²) in [5, 5.41) is 2.86. The summed E-state index contributed by atoms with van der Waals surface area (Å²) < 4.78 is 26.9. The van der Waals surface area contributed by atoms with Gasteiger partial charge in [-0.05, 0) is 37.6 Å². The Hall–Kier alpha value is -0.480. The van der Waals surface area contributed by atoms with E-state index in [1.165, 1.54) is 0 Å². The molecule has 0 saturated carbocycles. The number of hydrogen-bond acceptors (Lipinski definition) is 1. The second-order valence-corrected chi connectivity index (χ2v) is 4.97. The van der Waals surface area contributed by atoms with E-state index >= 15 is 0 Å². The molecular formula is C12H16BrF2N. The Morgan fingerprint density at radius 3 is 2.31 bits per heavy atom. The predicted molar refractivity (Wildman–Crippen MR) is 65.9 cm³/mol. The highest BCUT2D eigenvalue weighted by Gasteiger charge is 2.33. The lowest BCUT2D eigenvalue weighted by Crippen LogP contribution is -2.50. The van der Waals surface area contributed by atoms with Gasteiger partial charge >= 0.3 is 0 Å². The highest BCUT2D eigenvalue weighted by atomic mass is 79.9. The van der Waals surface area contributed by atoms with Crippen molar-refractivity contribution in [2.75, 3.05) is 6.54 Å². The summed E-state index contributed by atoms with van der Waals surface area (Å²) in [6.45, 7) is 3.93. The molecule has 0 amide bonds. The third kappa shape index (κ3) is 3.52. The molecule has 0 spiro atoms. The Labute approximate surface area is 103 Å². The lowest BCUT2D eigenvalue weighted by molar-refractivity contribution is 0.0415. The van der Waals surface area contributed by atoms with Crippen molar-refractivity contribution in [3.05, 3.63) is 34.3 Å². The van der Waals surface area contributed by atoms with Gasteiger partial charge < -0.3 is 5.32 Å². The Bertz CT molecular complexity index is 326. The van der Waals surface area contributed by atoms with E-state index in [0.717, 1.165) is 10.0 Å². The van der Waals surface area contributed by atoms with Crippen molar-refractivity contribution in [1.29, 1.82) is 0 Å². The molecule has 1 N–H and O–H groups in total. The lowest BCUT2D eigenvalue weighted by Gasteiger charge is -2.29. The van der Waals surface area contributed by atoms with Gasteiger partial charge in [-0.2, -0.15) is 0 Å². The molecule has 1 unspecified atom stereocenters. The van der Waals surface area contributed by atoms with Gasteiger partial charge in [-0.1, -0.05) is 35.0 Å². The Morgan fingerprint density at radius 1 is 1.31 bits per heavy atom. The number of alkyl halides is 2. The van der Waals surface area contributed by atoms with Crippen molar-refractivity contribution in [1.82, 2.24) is 5.32 Å². The molecule has 0 aliphatic carbocycles. The Balaban J connectivity index is 2.79. The molecule has 0 aliphatic rings. The first-order chi connectivity index (χ1) is 7.48. The fraction of sp³-hybridized carbons (Fsp3) is 0.500. The Kier molecular flexibility index (Phi) is 4.87. The third-order valence-electron chi connectivity index (χ3n) is 2.55. The fourth-order valence-corrected chi connectivity index (χ4v) is 1.91. The highest BCUT2D eigenvalue weighted by molar-refractivity contribution is 9.10. The van der Waals surface area contributed by atoms with Gasteiger partial charge in [0.1, 0.15) is 0 Å². The standard InChI is InChI=1S/C12H16BrF2N/c1-3-16-12(2,11(14)15)8-9-4-6-10(13)7-5-9/h4-7,11,16H,3,8H2,1-2H3. The minimum absolute atomic E-state index is 0.325. The third-order valence-corrected chi connectivity index (χ3v) is 3.08. The summed E-state index contributed by atoms with van der Waals surface area (Å²) in [7, 11) is 0. The fourth-order valence-electron chi connectivity index (χ4n) is 1.65. The van der Waals surface area contributed by atoms with Crippen LogP contribution in [0, 0.1) is 0 Å². The van der Waals surface area contributed by atoms with Gasteiger partial charge in [-0.25, -0.2) is 8.78 Å². The minimum Gasteiger partial charge on any atom is -0.307 e.